The summed E-state index contributed by atoms with van der Waals surface area (Å²) in [6.45, 7) is 10.4. The summed E-state index contributed by atoms with van der Waals surface area (Å²) in [5, 5.41) is 2.95. The molecule has 1 amide bonds. The van der Waals surface area contributed by atoms with Crippen LogP contribution >= 0.6 is 0 Å². The molecule has 0 bridgehead atoms. The Morgan fingerprint density at radius 1 is 1.05 bits per heavy atom. The Balaban J connectivity index is 1.32. The molecule has 2 saturated heterocycles. The van der Waals surface area contributed by atoms with Crippen LogP contribution in [0.1, 0.15) is 38.3 Å². The van der Waals surface area contributed by atoms with E-state index in [1.807, 2.05) is 75.4 Å². The average Bonchev–Trinajstić information content (AvgIpc) is 3.25. The molecule has 8 heteroatoms. The van der Waals surface area contributed by atoms with Gasteiger partial charge < -0.3 is 24.3 Å². The van der Waals surface area contributed by atoms with Crippen LogP contribution in [0.25, 0.3) is 0 Å². The molecule has 1 N–H and O–H groups in total. The standard InChI is InChI=1S/C30H40N2O6/c1-30(2,3)38-29(34)31-26(20-22-7-5-4-6-8-22)27-21-24(28(33)37-27)19-23-9-11-25(12-10-23)36-18-15-32-13-16-35-17-14-32/h4-12,24,26-27H,13-21H2,1-3H3,(H,31,34)/t24-,26-,27-/m0/s1. The minimum atomic E-state index is -0.616. The third-order valence-electron chi connectivity index (χ3n) is 6.75. The largest absolute Gasteiger partial charge is 0.492 e. The molecule has 8 nitrogen and oxygen atoms in total. The van der Waals surface area contributed by atoms with Crippen molar-refractivity contribution in [1.29, 1.82) is 0 Å². The molecule has 2 heterocycles. The minimum absolute atomic E-state index is 0.232. The summed E-state index contributed by atoms with van der Waals surface area (Å²) in [4.78, 5) is 27.7. The van der Waals surface area contributed by atoms with Gasteiger partial charge in [0.1, 0.15) is 24.1 Å². The van der Waals surface area contributed by atoms with Crippen LogP contribution < -0.4 is 10.1 Å². The minimum Gasteiger partial charge on any atom is -0.492 e. The van der Waals surface area contributed by atoms with Crippen LogP contribution in [0.5, 0.6) is 5.75 Å². The van der Waals surface area contributed by atoms with Gasteiger partial charge in [0.25, 0.3) is 0 Å². The number of alkyl carbamates (subject to hydrolysis) is 1. The maximum absolute atomic E-state index is 12.8. The topological polar surface area (TPSA) is 86.3 Å². The van der Waals surface area contributed by atoms with Crippen LogP contribution in [0, 0.1) is 5.92 Å². The van der Waals surface area contributed by atoms with Crippen molar-refractivity contribution < 1.29 is 28.5 Å². The third kappa shape index (κ3) is 8.74. The number of carbonyl (C=O) groups is 2. The molecule has 0 unspecified atom stereocenters. The van der Waals surface area contributed by atoms with Gasteiger partial charge in [-0.2, -0.15) is 0 Å². The van der Waals surface area contributed by atoms with Crippen LogP contribution in [0.2, 0.25) is 0 Å². The predicted octanol–water partition coefficient (Wildman–Crippen LogP) is 4.01. The number of carbonyl (C=O) groups excluding carboxylic acids is 2. The van der Waals surface area contributed by atoms with Crippen LogP contribution in [0.15, 0.2) is 54.6 Å². The van der Waals surface area contributed by atoms with E-state index in [1.165, 1.54) is 0 Å². The van der Waals surface area contributed by atoms with Gasteiger partial charge in [-0.25, -0.2) is 4.79 Å². The molecule has 2 aliphatic rings. The molecule has 0 radical (unpaired) electrons. The first kappa shape index (κ1) is 27.9. The number of hydrogen-bond donors (Lipinski definition) is 1. The number of ether oxygens (including phenoxy) is 4. The fourth-order valence-corrected chi connectivity index (χ4v) is 4.81. The third-order valence-corrected chi connectivity index (χ3v) is 6.75. The number of benzene rings is 2. The van der Waals surface area contributed by atoms with Crippen molar-refractivity contribution in [2.75, 3.05) is 39.5 Å². The normalized spacial score (nSPS) is 21.0. The first-order valence-electron chi connectivity index (χ1n) is 13.5. The van der Waals surface area contributed by atoms with Crippen LogP contribution in [0.3, 0.4) is 0 Å². The van der Waals surface area contributed by atoms with E-state index in [1.54, 1.807) is 0 Å². The molecule has 4 rings (SSSR count). The van der Waals surface area contributed by atoms with Crippen molar-refractivity contribution in [2.24, 2.45) is 5.92 Å². The van der Waals surface area contributed by atoms with Gasteiger partial charge >= 0.3 is 12.1 Å². The van der Waals surface area contributed by atoms with Crippen molar-refractivity contribution in [3.05, 3.63) is 65.7 Å². The highest BCUT2D eigenvalue weighted by atomic mass is 16.6. The molecule has 0 spiro atoms. The fraction of sp³-hybridized carbons (Fsp3) is 0.533. The molecule has 206 valence electrons. The van der Waals surface area contributed by atoms with Gasteiger partial charge in [0, 0.05) is 26.1 Å². The van der Waals surface area contributed by atoms with Gasteiger partial charge in [-0.15, -0.1) is 0 Å². The van der Waals surface area contributed by atoms with Gasteiger partial charge in [0.05, 0.1) is 25.2 Å². The number of rotatable bonds is 10. The molecule has 3 atom stereocenters. The number of nitrogens with zero attached hydrogens (tertiary/aromatic N) is 1. The van der Waals surface area contributed by atoms with Gasteiger partial charge in [-0.05, 0) is 56.9 Å². The number of cyclic esters (lactones) is 1. The van der Waals surface area contributed by atoms with Crippen molar-refractivity contribution in [1.82, 2.24) is 10.2 Å². The van der Waals surface area contributed by atoms with Crippen LogP contribution in [-0.4, -0.2) is 74.2 Å². The lowest BCUT2D eigenvalue weighted by molar-refractivity contribution is -0.145. The SMILES string of the molecule is CC(C)(C)OC(=O)N[C@@H](Cc1ccccc1)[C@@H]1C[C@H](Cc2ccc(OCCN3CCOCC3)cc2)C(=O)O1. The van der Waals surface area contributed by atoms with Crippen LogP contribution in [0.4, 0.5) is 4.79 Å². The number of amides is 1. The van der Waals surface area contributed by atoms with E-state index in [0.29, 0.717) is 25.9 Å². The molecule has 2 aliphatic heterocycles. The maximum Gasteiger partial charge on any atom is 0.408 e. The smallest absolute Gasteiger partial charge is 0.408 e. The predicted molar refractivity (Wildman–Crippen MR) is 144 cm³/mol. The summed E-state index contributed by atoms with van der Waals surface area (Å²) < 4.78 is 22.6. The van der Waals surface area contributed by atoms with E-state index in [4.69, 9.17) is 18.9 Å². The van der Waals surface area contributed by atoms with Gasteiger partial charge in [0.15, 0.2) is 0 Å². The Morgan fingerprint density at radius 3 is 2.45 bits per heavy atom. The molecule has 2 aromatic carbocycles. The van der Waals surface area contributed by atoms with Crippen LogP contribution in [-0.2, 0) is 31.8 Å². The zero-order valence-corrected chi connectivity index (χ0v) is 22.7. The van der Waals surface area contributed by atoms with E-state index < -0.39 is 17.8 Å². The van der Waals surface area contributed by atoms with E-state index in [9.17, 15) is 9.59 Å². The van der Waals surface area contributed by atoms with Crippen molar-refractivity contribution >= 4 is 12.1 Å². The lowest BCUT2D eigenvalue weighted by Crippen LogP contribution is -2.46. The Hall–Kier alpha value is -3.10. The molecule has 2 fully saturated rings. The summed E-state index contributed by atoms with van der Waals surface area (Å²) in [6, 6.07) is 17.4. The Morgan fingerprint density at radius 2 is 1.76 bits per heavy atom. The second-order valence-electron chi connectivity index (χ2n) is 11.0. The highest BCUT2D eigenvalue weighted by Gasteiger charge is 2.40. The fourth-order valence-electron chi connectivity index (χ4n) is 4.81. The van der Waals surface area contributed by atoms with E-state index >= 15 is 0 Å². The molecule has 2 aromatic rings. The summed E-state index contributed by atoms with van der Waals surface area (Å²) in [7, 11) is 0. The van der Waals surface area contributed by atoms with Gasteiger partial charge in [0.2, 0.25) is 0 Å². The highest BCUT2D eigenvalue weighted by Crippen LogP contribution is 2.29. The van der Waals surface area contributed by atoms with Crippen molar-refractivity contribution in [2.45, 2.75) is 57.8 Å². The number of nitrogens with one attached hydrogen (secondary N) is 1. The van der Waals surface area contributed by atoms with Crippen molar-refractivity contribution in [3.63, 3.8) is 0 Å². The maximum atomic E-state index is 12.8. The van der Waals surface area contributed by atoms with Crippen molar-refractivity contribution in [3.8, 4) is 5.75 Å². The summed E-state index contributed by atoms with van der Waals surface area (Å²) in [6.07, 6.45) is 0.712. The quantitative estimate of drug-likeness (QED) is 0.470. The molecule has 0 saturated carbocycles. The zero-order valence-electron chi connectivity index (χ0n) is 22.7. The summed E-state index contributed by atoms with van der Waals surface area (Å²) in [5.74, 6) is 0.315. The molecule has 0 aliphatic carbocycles. The molecule has 38 heavy (non-hydrogen) atoms. The first-order valence-corrected chi connectivity index (χ1v) is 13.5. The summed E-state index contributed by atoms with van der Waals surface area (Å²) in [5.41, 5.74) is 1.49. The molecular formula is C30H40N2O6. The number of esters is 1. The molecular weight excluding hydrogens is 484 g/mol. The lowest BCUT2D eigenvalue weighted by atomic mass is 9.92. The van der Waals surface area contributed by atoms with E-state index in [0.717, 1.165) is 49.7 Å². The van der Waals surface area contributed by atoms with E-state index in [2.05, 4.69) is 10.2 Å². The van der Waals surface area contributed by atoms with Gasteiger partial charge in [-0.3, -0.25) is 9.69 Å². The highest BCUT2D eigenvalue weighted by molar-refractivity contribution is 5.75. The molecule has 0 aromatic heterocycles. The monoisotopic (exact) mass is 524 g/mol. The Labute approximate surface area is 225 Å². The average molecular weight is 525 g/mol. The second kappa shape index (κ2) is 13.1. The first-order chi connectivity index (χ1) is 18.2. The van der Waals surface area contributed by atoms with Gasteiger partial charge in [-0.1, -0.05) is 42.5 Å². The van der Waals surface area contributed by atoms with E-state index in [-0.39, 0.29) is 17.9 Å². The number of hydrogen-bond acceptors (Lipinski definition) is 7. The second-order valence-corrected chi connectivity index (χ2v) is 11.0. The number of morpholine rings is 1. The summed E-state index contributed by atoms with van der Waals surface area (Å²) >= 11 is 0. The zero-order chi connectivity index (χ0) is 27.0. The Kier molecular flexibility index (Phi) is 9.63. The Bertz CT molecular complexity index is 1030. The lowest BCUT2D eigenvalue weighted by Gasteiger charge is -2.26.